The fourth-order valence-electron chi connectivity index (χ4n) is 3.40. The first-order chi connectivity index (χ1) is 13.8. The van der Waals surface area contributed by atoms with Crippen molar-refractivity contribution in [1.82, 2.24) is 0 Å². The number of carbonyl (C=O) groups is 1. The van der Waals surface area contributed by atoms with Crippen LogP contribution in [0.5, 0.6) is 17.2 Å². The normalized spacial score (nSPS) is 18.5. The number of hydrogen-bond donors (Lipinski definition) is 2. The number of fused-ring (bicyclic) bond motifs is 1. The molecule has 2 unspecified atom stereocenters. The van der Waals surface area contributed by atoms with Crippen molar-refractivity contribution in [3.8, 4) is 17.2 Å². The van der Waals surface area contributed by atoms with E-state index in [4.69, 9.17) is 14.2 Å². The highest BCUT2D eigenvalue weighted by Crippen LogP contribution is 2.49. The highest BCUT2D eigenvalue weighted by atomic mass is 16.6. The van der Waals surface area contributed by atoms with Crippen LogP contribution in [0.2, 0.25) is 0 Å². The van der Waals surface area contributed by atoms with E-state index in [-0.39, 0.29) is 11.5 Å². The molecule has 0 saturated heterocycles. The SMILES string of the molecule is CCOC1c2c(OC)ccc(C(=O)C=Cc3ccc(O)cc3)c2OC1C(C)(C)O. The molecule has 154 valence electrons. The van der Waals surface area contributed by atoms with Crippen LogP contribution in [0.4, 0.5) is 0 Å². The average Bonchev–Trinajstić information content (AvgIpc) is 3.07. The van der Waals surface area contributed by atoms with Crippen molar-refractivity contribution < 1.29 is 29.2 Å². The van der Waals surface area contributed by atoms with Crippen LogP contribution in [-0.2, 0) is 4.74 Å². The maximum absolute atomic E-state index is 12.9. The van der Waals surface area contributed by atoms with Gasteiger partial charge in [0, 0.05) is 6.61 Å². The second-order valence-electron chi connectivity index (χ2n) is 7.42. The topological polar surface area (TPSA) is 85.2 Å². The van der Waals surface area contributed by atoms with Crippen molar-refractivity contribution in [2.75, 3.05) is 13.7 Å². The molecule has 2 N–H and O–H groups in total. The minimum Gasteiger partial charge on any atom is -0.508 e. The van der Waals surface area contributed by atoms with Crippen LogP contribution in [0.3, 0.4) is 0 Å². The third-order valence-electron chi connectivity index (χ3n) is 4.81. The van der Waals surface area contributed by atoms with Gasteiger partial charge in [-0.1, -0.05) is 18.2 Å². The number of ketones is 1. The zero-order valence-electron chi connectivity index (χ0n) is 17.0. The lowest BCUT2D eigenvalue weighted by Gasteiger charge is -2.29. The number of aromatic hydroxyl groups is 1. The van der Waals surface area contributed by atoms with Crippen molar-refractivity contribution in [1.29, 1.82) is 0 Å². The van der Waals surface area contributed by atoms with E-state index < -0.39 is 17.8 Å². The number of phenols is 1. The van der Waals surface area contributed by atoms with E-state index >= 15 is 0 Å². The van der Waals surface area contributed by atoms with E-state index in [1.165, 1.54) is 6.08 Å². The molecule has 0 spiro atoms. The molecule has 1 aliphatic rings. The number of ether oxygens (including phenoxy) is 3. The van der Waals surface area contributed by atoms with Gasteiger partial charge in [0.2, 0.25) is 0 Å². The number of hydrogen-bond acceptors (Lipinski definition) is 6. The van der Waals surface area contributed by atoms with Gasteiger partial charge in [-0.05, 0) is 56.7 Å². The molecule has 2 atom stereocenters. The summed E-state index contributed by atoms with van der Waals surface area (Å²) >= 11 is 0. The second kappa shape index (κ2) is 8.27. The molecule has 1 heterocycles. The highest BCUT2D eigenvalue weighted by Gasteiger charge is 2.47. The molecule has 0 aromatic heterocycles. The summed E-state index contributed by atoms with van der Waals surface area (Å²) in [6.45, 7) is 5.58. The number of aliphatic hydroxyl groups is 1. The first-order valence-corrected chi connectivity index (χ1v) is 9.49. The summed E-state index contributed by atoms with van der Waals surface area (Å²) in [5.41, 5.74) is 0.591. The van der Waals surface area contributed by atoms with E-state index in [1.807, 2.05) is 6.92 Å². The van der Waals surface area contributed by atoms with Crippen LogP contribution in [0.25, 0.3) is 6.08 Å². The molecule has 6 nitrogen and oxygen atoms in total. The second-order valence-corrected chi connectivity index (χ2v) is 7.42. The molecule has 2 aromatic carbocycles. The van der Waals surface area contributed by atoms with Crippen LogP contribution in [0.15, 0.2) is 42.5 Å². The molecular formula is C23H26O6. The van der Waals surface area contributed by atoms with E-state index in [1.54, 1.807) is 63.4 Å². The van der Waals surface area contributed by atoms with E-state index in [0.29, 0.717) is 29.2 Å². The molecule has 0 bridgehead atoms. The van der Waals surface area contributed by atoms with Gasteiger partial charge in [-0.3, -0.25) is 4.79 Å². The Bertz CT molecular complexity index is 908. The zero-order valence-corrected chi connectivity index (χ0v) is 17.0. The Morgan fingerprint density at radius 3 is 2.48 bits per heavy atom. The van der Waals surface area contributed by atoms with E-state index in [9.17, 15) is 15.0 Å². The van der Waals surface area contributed by atoms with Gasteiger partial charge in [-0.25, -0.2) is 0 Å². The lowest BCUT2D eigenvalue weighted by molar-refractivity contribution is -0.0976. The Balaban J connectivity index is 2.00. The number of allylic oxidation sites excluding steroid dienone is 1. The summed E-state index contributed by atoms with van der Waals surface area (Å²) in [4.78, 5) is 12.9. The highest BCUT2D eigenvalue weighted by molar-refractivity contribution is 6.09. The van der Waals surface area contributed by atoms with Gasteiger partial charge in [-0.15, -0.1) is 0 Å². The zero-order chi connectivity index (χ0) is 21.2. The predicted molar refractivity (Wildman–Crippen MR) is 110 cm³/mol. The van der Waals surface area contributed by atoms with Gasteiger partial charge >= 0.3 is 0 Å². The maximum Gasteiger partial charge on any atom is 0.189 e. The molecular weight excluding hydrogens is 372 g/mol. The molecule has 1 aliphatic heterocycles. The quantitative estimate of drug-likeness (QED) is 0.543. The number of phenolic OH excluding ortho intramolecular Hbond substituents is 1. The third kappa shape index (κ3) is 4.28. The Hall–Kier alpha value is -2.83. The summed E-state index contributed by atoms with van der Waals surface area (Å²) in [5, 5.41) is 20.0. The summed E-state index contributed by atoms with van der Waals surface area (Å²) < 4.78 is 17.4. The molecule has 6 heteroatoms. The monoisotopic (exact) mass is 398 g/mol. The Labute approximate surface area is 170 Å². The smallest absolute Gasteiger partial charge is 0.189 e. The minimum absolute atomic E-state index is 0.162. The molecule has 0 saturated carbocycles. The number of methoxy groups -OCH3 is 1. The van der Waals surface area contributed by atoms with Crippen LogP contribution in [0, 0.1) is 0 Å². The molecule has 3 rings (SSSR count). The lowest BCUT2D eigenvalue weighted by Crippen LogP contribution is -2.42. The van der Waals surface area contributed by atoms with Gasteiger partial charge in [-0.2, -0.15) is 0 Å². The number of rotatable bonds is 7. The Morgan fingerprint density at radius 1 is 1.21 bits per heavy atom. The fraction of sp³-hybridized carbons (Fsp3) is 0.348. The largest absolute Gasteiger partial charge is 0.508 e. The summed E-state index contributed by atoms with van der Waals surface area (Å²) in [7, 11) is 1.54. The molecule has 0 aliphatic carbocycles. The van der Waals surface area contributed by atoms with Crippen molar-refractivity contribution in [2.45, 2.75) is 38.6 Å². The molecule has 0 radical (unpaired) electrons. The summed E-state index contributed by atoms with van der Waals surface area (Å²) in [6.07, 6.45) is 1.88. The van der Waals surface area contributed by atoms with Gasteiger partial charge in [0.1, 0.15) is 23.4 Å². The average molecular weight is 398 g/mol. The van der Waals surface area contributed by atoms with Crippen LogP contribution in [0.1, 0.15) is 48.4 Å². The Kier molecular flexibility index (Phi) is 5.96. The van der Waals surface area contributed by atoms with Crippen LogP contribution in [-0.4, -0.2) is 41.4 Å². The van der Waals surface area contributed by atoms with Crippen LogP contribution >= 0.6 is 0 Å². The molecule has 2 aromatic rings. The van der Waals surface area contributed by atoms with Gasteiger partial charge in [0.05, 0.1) is 23.8 Å². The molecule has 0 fully saturated rings. The van der Waals surface area contributed by atoms with Crippen LogP contribution < -0.4 is 9.47 Å². The van der Waals surface area contributed by atoms with Crippen molar-refractivity contribution in [3.63, 3.8) is 0 Å². The van der Waals surface area contributed by atoms with Gasteiger partial charge in [0.25, 0.3) is 0 Å². The standard InChI is InChI=1S/C23H26O6/c1-5-28-21-19-18(27-4)13-11-16(20(19)29-22(21)23(2,3)26)17(25)12-8-14-6-9-15(24)10-7-14/h6-13,21-22,24,26H,5H2,1-4H3. The summed E-state index contributed by atoms with van der Waals surface area (Å²) in [6, 6.07) is 9.89. The predicted octanol–water partition coefficient (Wildman–Crippen LogP) is 3.91. The van der Waals surface area contributed by atoms with Gasteiger partial charge in [0.15, 0.2) is 11.9 Å². The third-order valence-corrected chi connectivity index (χ3v) is 4.81. The Morgan fingerprint density at radius 2 is 1.90 bits per heavy atom. The number of carbonyl (C=O) groups excluding carboxylic acids is 1. The van der Waals surface area contributed by atoms with E-state index in [0.717, 1.165) is 5.56 Å². The van der Waals surface area contributed by atoms with E-state index in [2.05, 4.69) is 0 Å². The van der Waals surface area contributed by atoms with Crippen molar-refractivity contribution >= 4 is 11.9 Å². The maximum atomic E-state index is 12.9. The molecule has 0 amide bonds. The minimum atomic E-state index is -1.19. The molecule has 29 heavy (non-hydrogen) atoms. The van der Waals surface area contributed by atoms with Gasteiger partial charge < -0.3 is 24.4 Å². The first-order valence-electron chi connectivity index (χ1n) is 9.49. The number of benzene rings is 2. The summed E-state index contributed by atoms with van der Waals surface area (Å²) in [5.74, 6) is 0.831. The lowest BCUT2D eigenvalue weighted by atomic mass is 9.93. The van der Waals surface area contributed by atoms with Crippen molar-refractivity contribution in [3.05, 3.63) is 59.2 Å². The fourth-order valence-corrected chi connectivity index (χ4v) is 3.40. The first kappa shape index (κ1) is 20.9. The van der Waals surface area contributed by atoms with Crippen molar-refractivity contribution in [2.24, 2.45) is 0 Å².